The zero-order valence-corrected chi connectivity index (χ0v) is 10.7. The van der Waals surface area contributed by atoms with Crippen molar-refractivity contribution in [3.8, 4) is 0 Å². The summed E-state index contributed by atoms with van der Waals surface area (Å²) in [7, 11) is 0. The lowest BCUT2D eigenvalue weighted by atomic mass is 10.1. The number of hydrogen-bond donors (Lipinski definition) is 1. The fourth-order valence-corrected chi connectivity index (χ4v) is 2.11. The minimum atomic E-state index is -5.56. The van der Waals surface area contributed by atoms with Crippen LogP contribution in [0.3, 0.4) is 0 Å². The van der Waals surface area contributed by atoms with E-state index in [1.165, 1.54) is 12.1 Å². The summed E-state index contributed by atoms with van der Waals surface area (Å²) in [5.41, 5.74) is -0.289. The van der Waals surface area contributed by atoms with Crippen LogP contribution in [0.15, 0.2) is 24.3 Å². The maximum atomic E-state index is 13.1. The van der Waals surface area contributed by atoms with Gasteiger partial charge in [0.1, 0.15) is 0 Å². The van der Waals surface area contributed by atoms with E-state index in [4.69, 9.17) is 0 Å². The molecule has 1 fully saturated rings. The van der Waals surface area contributed by atoms with Crippen LogP contribution in [-0.2, 0) is 12.5 Å². The van der Waals surface area contributed by atoms with E-state index in [9.17, 15) is 22.0 Å². The van der Waals surface area contributed by atoms with Gasteiger partial charge in [0.2, 0.25) is 0 Å². The lowest BCUT2D eigenvalue weighted by Gasteiger charge is -2.27. The number of hydrogen-bond acceptors (Lipinski definition) is 2. The second-order valence-corrected chi connectivity index (χ2v) is 4.80. The van der Waals surface area contributed by atoms with E-state index in [-0.39, 0.29) is 0 Å². The smallest absolute Gasteiger partial charge is 0.314 e. The highest BCUT2D eigenvalue weighted by atomic mass is 19.4. The monoisotopic (exact) mass is 294 g/mol. The van der Waals surface area contributed by atoms with Crippen molar-refractivity contribution in [2.75, 3.05) is 26.2 Å². The number of nitrogens with zero attached hydrogens (tertiary/aromatic N) is 1. The fraction of sp³-hybridized carbons (Fsp3) is 0.538. The normalized spacial score (nSPS) is 18.2. The van der Waals surface area contributed by atoms with Crippen molar-refractivity contribution in [1.29, 1.82) is 0 Å². The molecule has 0 unspecified atom stereocenters. The Kier molecular flexibility index (Phi) is 4.29. The molecule has 7 heteroatoms. The Bertz CT molecular complexity index is 435. The van der Waals surface area contributed by atoms with Crippen LogP contribution in [0.5, 0.6) is 0 Å². The molecule has 1 aliphatic heterocycles. The molecule has 1 heterocycles. The molecule has 1 aromatic carbocycles. The molecule has 0 bridgehead atoms. The number of nitrogens with one attached hydrogen (secondary N) is 1. The molecule has 1 saturated heterocycles. The minimum absolute atomic E-state index is 0.555. The summed E-state index contributed by atoms with van der Waals surface area (Å²) in [6.07, 6.45) is -5.56. The first kappa shape index (κ1) is 15.2. The van der Waals surface area contributed by atoms with Gasteiger partial charge in [-0.3, -0.25) is 4.90 Å². The van der Waals surface area contributed by atoms with Gasteiger partial charge in [-0.05, 0) is 5.56 Å². The SMILES string of the molecule is FC(F)(F)C(F)(F)c1ccc(CN2CCNCC2)cc1. The van der Waals surface area contributed by atoms with Crippen LogP contribution in [0.2, 0.25) is 0 Å². The molecule has 0 amide bonds. The molecule has 1 N–H and O–H groups in total. The summed E-state index contributed by atoms with van der Waals surface area (Å²) >= 11 is 0. The van der Waals surface area contributed by atoms with Crippen LogP contribution >= 0.6 is 0 Å². The van der Waals surface area contributed by atoms with Gasteiger partial charge in [0.25, 0.3) is 0 Å². The third kappa shape index (κ3) is 3.27. The molecule has 0 atom stereocenters. The highest BCUT2D eigenvalue weighted by Crippen LogP contribution is 2.43. The van der Waals surface area contributed by atoms with Crippen LogP contribution < -0.4 is 5.32 Å². The highest BCUT2D eigenvalue weighted by Gasteiger charge is 2.58. The number of rotatable bonds is 3. The van der Waals surface area contributed by atoms with Gasteiger partial charge < -0.3 is 5.32 Å². The standard InChI is InChI=1S/C13H15F5N2/c14-12(15,13(16,17)18)11-3-1-10(2-4-11)9-20-7-5-19-6-8-20/h1-4,19H,5-9H2. The second kappa shape index (κ2) is 5.65. The van der Waals surface area contributed by atoms with Gasteiger partial charge in [-0.25, -0.2) is 0 Å². The first-order valence-corrected chi connectivity index (χ1v) is 6.28. The third-order valence-electron chi connectivity index (χ3n) is 3.29. The lowest BCUT2D eigenvalue weighted by molar-refractivity contribution is -0.289. The number of alkyl halides is 5. The molecule has 20 heavy (non-hydrogen) atoms. The maximum Gasteiger partial charge on any atom is 0.458 e. The van der Waals surface area contributed by atoms with Crippen molar-refractivity contribution in [3.63, 3.8) is 0 Å². The Hall–Kier alpha value is -1.21. The Morgan fingerprint density at radius 1 is 0.950 bits per heavy atom. The molecule has 1 aliphatic rings. The average Bonchev–Trinajstić information content (AvgIpc) is 2.39. The van der Waals surface area contributed by atoms with Crippen molar-refractivity contribution in [3.05, 3.63) is 35.4 Å². The van der Waals surface area contributed by atoms with E-state index in [0.29, 0.717) is 6.54 Å². The Labute approximate surface area is 113 Å². The van der Waals surface area contributed by atoms with Gasteiger partial charge in [-0.2, -0.15) is 22.0 Å². The van der Waals surface area contributed by atoms with Gasteiger partial charge in [-0.1, -0.05) is 24.3 Å². The van der Waals surface area contributed by atoms with E-state index in [0.717, 1.165) is 43.9 Å². The van der Waals surface area contributed by atoms with Crippen LogP contribution in [0.4, 0.5) is 22.0 Å². The quantitative estimate of drug-likeness (QED) is 0.862. The summed E-state index contributed by atoms with van der Waals surface area (Å²) in [6.45, 7) is 3.93. The highest BCUT2D eigenvalue weighted by molar-refractivity contribution is 5.27. The van der Waals surface area contributed by atoms with E-state index in [1.54, 1.807) is 0 Å². The van der Waals surface area contributed by atoms with E-state index in [1.807, 2.05) is 0 Å². The molecule has 2 nitrogen and oxygen atoms in total. The number of benzene rings is 1. The maximum absolute atomic E-state index is 13.1. The van der Waals surface area contributed by atoms with Crippen molar-refractivity contribution in [2.24, 2.45) is 0 Å². The van der Waals surface area contributed by atoms with Gasteiger partial charge in [0, 0.05) is 38.3 Å². The summed E-state index contributed by atoms with van der Waals surface area (Å²) < 4.78 is 62.9. The van der Waals surface area contributed by atoms with Crippen molar-refractivity contribution >= 4 is 0 Å². The van der Waals surface area contributed by atoms with E-state index >= 15 is 0 Å². The molecule has 1 aromatic rings. The van der Waals surface area contributed by atoms with Crippen molar-refractivity contribution in [1.82, 2.24) is 10.2 Å². The van der Waals surface area contributed by atoms with Crippen LogP contribution in [-0.4, -0.2) is 37.3 Å². The Morgan fingerprint density at radius 3 is 2.00 bits per heavy atom. The minimum Gasteiger partial charge on any atom is -0.314 e. The van der Waals surface area contributed by atoms with Crippen molar-refractivity contribution in [2.45, 2.75) is 18.6 Å². The Morgan fingerprint density at radius 2 is 1.50 bits per heavy atom. The zero-order valence-electron chi connectivity index (χ0n) is 10.7. The molecule has 0 radical (unpaired) electrons. The van der Waals surface area contributed by atoms with Crippen LogP contribution in [0.25, 0.3) is 0 Å². The molecule has 112 valence electrons. The molecule has 0 spiro atoms. The first-order chi connectivity index (χ1) is 9.30. The fourth-order valence-electron chi connectivity index (χ4n) is 2.11. The summed E-state index contributed by atoms with van der Waals surface area (Å²) in [5, 5.41) is 3.18. The zero-order chi connectivity index (χ0) is 14.8. The summed E-state index contributed by atoms with van der Waals surface area (Å²) in [5.74, 6) is -4.80. The van der Waals surface area contributed by atoms with Crippen LogP contribution in [0.1, 0.15) is 11.1 Å². The van der Waals surface area contributed by atoms with Gasteiger partial charge in [-0.15, -0.1) is 0 Å². The van der Waals surface area contributed by atoms with Gasteiger partial charge in [0.15, 0.2) is 0 Å². The molecule has 2 rings (SSSR count). The molecular formula is C13H15F5N2. The molecular weight excluding hydrogens is 279 g/mol. The Balaban J connectivity index is 2.06. The van der Waals surface area contributed by atoms with E-state index < -0.39 is 17.7 Å². The predicted octanol–water partition coefficient (Wildman–Crippen LogP) is 2.75. The average molecular weight is 294 g/mol. The molecule has 0 aliphatic carbocycles. The second-order valence-electron chi connectivity index (χ2n) is 4.80. The molecule has 0 aromatic heterocycles. The number of halogens is 5. The first-order valence-electron chi connectivity index (χ1n) is 6.28. The van der Waals surface area contributed by atoms with Gasteiger partial charge >= 0.3 is 12.1 Å². The lowest BCUT2D eigenvalue weighted by Crippen LogP contribution is -2.42. The predicted molar refractivity (Wildman–Crippen MR) is 64.5 cm³/mol. The number of piperazine rings is 1. The summed E-state index contributed by atoms with van der Waals surface area (Å²) in [4.78, 5) is 2.12. The van der Waals surface area contributed by atoms with Crippen molar-refractivity contribution < 1.29 is 22.0 Å². The molecule has 0 saturated carbocycles. The van der Waals surface area contributed by atoms with E-state index in [2.05, 4.69) is 10.2 Å². The topological polar surface area (TPSA) is 15.3 Å². The van der Waals surface area contributed by atoms with Gasteiger partial charge in [0.05, 0.1) is 0 Å². The van der Waals surface area contributed by atoms with Crippen LogP contribution in [0, 0.1) is 0 Å². The summed E-state index contributed by atoms with van der Waals surface area (Å²) in [6, 6.07) is 4.37. The largest absolute Gasteiger partial charge is 0.458 e. The third-order valence-corrected chi connectivity index (χ3v) is 3.29.